The summed E-state index contributed by atoms with van der Waals surface area (Å²) in [5, 5.41) is 2.31. The Balaban J connectivity index is 1.03. The lowest BCUT2D eigenvalue weighted by atomic mass is 9.68. The maximum atomic E-state index is 6.30. The maximum Gasteiger partial charge on any atom is 0.136 e. The van der Waals surface area contributed by atoms with Gasteiger partial charge in [0.15, 0.2) is 0 Å². The molecule has 8 aromatic carbocycles. The Morgan fingerprint density at radius 1 is 0.424 bits per heavy atom. The van der Waals surface area contributed by atoms with Gasteiger partial charge in [0.1, 0.15) is 11.2 Å². The number of furan rings is 1. The standard InChI is InChI=1S/C57H45NO/c1-56(2)49-23-7-4-18-45(49)47-22-13-21-43(55(47)56)38-15-12-16-40(35-38)58(41-31-32-46-44-17-5-8-24-50(44)57(51(46)36-41)33-10-3-11-34-57)39-29-27-37(28-30-39)42-20-14-26-53-54(42)48-19-6-9-25-52(48)59-53/h4-9,12-32,35-36H,3,10-11,33-34H2,1-2H3. The van der Waals surface area contributed by atoms with Crippen LogP contribution in [0.1, 0.15) is 68.2 Å². The SMILES string of the molecule is CC1(C)c2ccccc2-c2cccc(-c3cccc(N(c4ccc(-c5cccc6oc7ccccc7c56)cc4)c4ccc5c(c4)C4(CCCCC4)c4ccccc4-5)c3)c21. The summed E-state index contributed by atoms with van der Waals surface area (Å²) in [6.07, 6.45) is 6.26. The summed E-state index contributed by atoms with van der Waals surface area (Å²) in [5.74, 6) is 0. The van der Waals surface area contributed by atoms with Crippen molar-refractivity contribution in [2.24, 2.45) is 0 Å². The predicted molar refractivity (Wildman–Crippen MR) is 246 cm³/mol. The average molecular weight is 760 g/mol. The first-order valence-electron chi connectivity index (χ1n) is 21.4. The van der Waals surface area contributed by atoms with Gasteiger partial charge in [-0.1, -0.05) is 161 Å². The van der Waals surface area contributed by atoms with Gasteiger partial charge in [-0.05, 0) is 128 Å². The molecule has 1 aromatic heterocycles. The van der Waals surface area contributed by atoms with Gasteiger partial charge in [-0.25, -0.2) is 0 Å². The Morgan fingerprint density at radius 2 is 1.03 bits per heavy atom. The third-order valence-corrected chi connectivity index (χ3v) is 14.1. The highest BCUT2D eigenvalue weighted by Crippen LogP contribution is 2.57. The van der Waals surface area contributed by atoms with Crippen LogP contribution in [0.4, 0.5) is 17.1 Å². The number of nitrogens with zero attached hydrogens (tertiary/aromatic N) is 1. The van der Waals surface area contributed by atoms with Crippen molar-refractivity contribution < 1.29 is 4.42 Å². The van der Waals surface area contributed by atoms with Crippen LogP contribution in [0.2, 0.25) is 0 Å². The van der Waals surface area contributed by atoms with E-state index in [4.69, 9.17) is 4.42 Å². The highest BCUT2D eigenvalue weighted by atomic mass is 16.3. The van der Waals surface area contributed by atoms with Crippen molar-refractivity contribution in [1.82, 2.24) is 0 Å². The highest BCUT2D eigenvalue weighted by molar-refractivity contribution is 6.12. The molecule has 3 aliphatic carbocycles. The van der Waals surface area contributed by atoms with Crippen LogP contribution < -0.4 is 4.90 Å². The molecule has 2 nitrogen and oxygen atoms in total. The van der Waals surface area contributed by atoms with Gasteiger partial charge in [-0.3, -0.25) is 0 Å². The topological polar surface area (TPSA) is 16.4 Å². The fourth-order valence-corrected chi connectivity index (χ4v) is 11.4. The normalized spacial score (nSPS) is 15.6. The van der Waals surface area contributed by atoms with E-state index >= 15 is 0 Å². The molecule has 0 radical (unpaired) electrons. The molecule has 59 heavy (non-hydrogen) atoms. The second-order valence-electron chi connectivity index (χ2n) is 17.5. The van der Waals surface area contributed by atoms with Crippen molar-refractivity contribution in [1.29, 1.82) is 0 Å². The van der Waals surface area contributed by atoms with Gasteiger partial charge in [0.2, 0.25) is 0 Å². The molecule has 0 aliphatic heterocycles. The third-order valence-electron chi connectivity index (χ3n) is 14.1. The van der Waals surface area contributed by atoms with Gasteiger partial charge < -0.3 is 9.32 Å². The van der Waals surface area contributed by atoms with Crippen LogP contribution in [-0.4, -0.2) is 0 Å². The van der Waals surface area contributed by atoms with Crippen molar-refractivity contribution in [2.45, 2.75) is 56.8 Å². The molecule has 2 heteroatoms. The Labute approximate surface area is 346 Å². The molecule has 9 aromatic rings. The van der Waals surface area contributed by atoms with Crippen molar-refractivity contribution in [3.63, 3.8) is 0 Å². The molecular weight excluding hydrogens is 715 g/mol. The molecule has 1 fully saturated rings. The van der Waals surface area contributed by atoms with E-state index in [0.29, 0.717) is 0 Å². The number of fused-ring (bicyclic) bond motifs is 11. The summed E-state index contributed by atoms with van der Waals surface area (Å²) >= 11 is 0. The van der Waals surface area contributed by atoms with Gasteiger partial charge in [0.05, 0.1) is 0 Å². The molecule has 0 amide bonds. The second kappa shape index (κ2) is 12.9. The van der Waals surface area contributed by atoms with Crippen molar-refractivity contribution >= 4 is 39.0 Å². The molecule has 12 rings (SSSR count). The number of rotatable bonds is 5. The van der Waals surface area contributed by atoms with Gasteiger partial charge in [-0.2, -0.15) is 0 Å². The Hall–Kier alpha value is -6.64. The predicted octanol–water partition coefficient (Wildman–Crippen LogP) is 15.9. The minimum absolute atomic E-state index is 0.0643. The molecule has 0 N–H and O–H groups in total. The summed E-state index contributed by atoms with van der Waals surface area (Å²) < 4.78 is 6.30. The quantitative estimate of drug-likeness (QED) is 0.174. The lowest BCUT2D eigenvalue weighted by Crippen LogP contribution is -2.28. The van der Waals surface area contributed by atoms with E-state index in [2.05, 4.69) is 189 Å². The zero-order valence-corrected chi connectivity index (χ0v) is 33.6. The molecule has 3 aliphatic rings. The van der Waals surface area contributed by atoms with Crippen LogP contribution in [0.15, 0.2) is 180 Å². The van der Waals surface area contributed by atoms with Crippen LogP contribution >= 0.6 is 0 Å². The summed E-state index contributed by atoms with van der Waals surface area (Å²) in [6, 6.07) is 65.5. The van der Waals surface area contributed by atoms with Crippen molar-refractivity contribution in [2.75, 3.05) is 4.90 Å². The summed E-state index contributed by atoms with van der Waals surface area (Å²) in [4.78, 5) is 2.49. The lowest BCUT2D eigenvalue weighted by molar-refractivity contribution is 0.353. The first kappa shape index (κ1) is 34.4. The molecule has 1 spiro atoms. The third kappa shape index (κ3) is 5.05. The molecule has 1 heterocycles. The number of anilines is 3. The van der Waals surface area contributed by atoms with Gasteiger partial charge in [0.25, 0.3) is 0 Å². The smallest absolute Gasteiger partial charge is 0.136 e. The largest absolute Gasteiger partial charge is 0.456 e. The number of para-hydroxylation sites is 1. The van der Waals surface area contributed by atoms with Crippen LogP contribution in [0.5, 0.6) is 0 Å². The van der Waals surface area contributed by atoms with Crippen LogP contribution in [0, 0.1) is 0 Å². The Bertz CT molecular complexity index is 3120. The summed E-state index contributed by atoms with van der Waals surface area (Å²) in [7, 11) is 0. The molecule has 0 unspecified atom stereocenters. The van der Waals surface area contributed by atoms with Crippen molar-refractivity contribution in [3.8, 4) is 44.5 Å². The minimum Gasteiger partial charge on any atom is -0.456 e. The van der Waals surface area contributed by atoms with E-state index in [1.807, 2.05) is 6.07 Å². The van der Waals surface area contributed by atoms with E-state index in [1.54, 1.807) is 0 Å². The number of hydrogen-bond acceptors (Lipinski definition) is 2. The second-order valence-corrected chi connectivity index (χ2v) is 17.5. The summed E-state index contributed by atoms with van der Waals surface area (Å²) in [5.41, 5.74) is 21.5. The lowest BCUT2D eigenvalue weighted by Gasteiger charge is -2.36. The fraction of sp³-hybridized carbons (Fsp3) is 0.158. The van der Waals surface area contributed by atoms with E-state index < -0.39 is 0 Å². The molecular formula is C57H45NO. The summed E-state index contributed by atoms with van der Waals surface area (Å²) in [6.45, 7) is 4.77. The first-order chi connectivity index (χ1) is 29.0. The minimum atomic E-state index is -0.111. The van der Waals surface area contributed by atoms with E-state index in [1.165, 1.54) is 105 Å². The zero-order valence-electron chi connectivity index (χ0n) is 33.6. The van der Waals surface area contributed by atoms with E-state index in [-0.39, 0.29) is 10.8 Å². The Kier molecular flexibility index (Phi) is 7.54. The fourth-order valence-electron chi connectivity index (χ4n) is 11.4. The van der Waals surface area contributed by atoms with Gasteiger partial charge in [0, 0.05) is 38.7 Å². The van der Waals surface area contributed by atoms with Crippen LogP contribution in [-0.2, 0) is 10.8 Å². The van der Waals surface area contributed by atoms with Crippen molar-refractivity contribution in [3.05, 3.63) is 198 Å². The molecule has 0 saturated heterocycles. The average Bonchev–Trinajstić information content (AvgIpc) is 3.88. The maximum absolute atomic E-state index is 6.30. The number of hydrogen-bond donors (Lipinski definition) is 0. The van der Waals surface area contributed by atoms with Gasteiger partial charge in [-0.15, -0.1) is 0 Å². The monoisotopic (exact) mass is 759 g/mol. The zero-order chi connectivity index (χ0) is 39.3. The Morgan fingerprint density at radius 3 is 1.88 bits per heavy atom. The van der Waals surface area contributed by atoms with Crippen LogP contribution in [0.25, 0.3) is 66.4 Å². The number of benzene rings is 8. The highest BCUT2D eigenvalue weighted by Gasteiger charge is 2.44. The van der Waals surface area contributed by atoms with Crippen LogP contribution in [0.3, 0.4) is 0 Å². The molecule has 284 valence electrons. The van der Waals surface area contributed by atoms with E-state index in [9.17, 15) is 0 Å². The first-order valence-corrected chi connectivity index (χ1v) is 21.4. The van der Waals surface area contributed by atoms with Gasteiger partial charge >= 0.3 is 0 Å². The molecule has 0 atom stereocenters. The van der Waals surface area contributed by atoms with E-state index in [0.717, 1.165) is 33.3 Å². The molecule has 0 bridgehead atoms. The molecule has 1 saturated carbocycles.